The molecular formula is C13H13ClFNS. The number of hydrogen-bond donors (Lipinski definition) is 1. The molecule has 1 unspecified atom stereocenters. The summed E-state index contributed by atoms with van der Waals surface area (Å²) in [7, 11) is 0. The van der Waals surface area contributed by atoms with Gasteiger partial charge in [-0.1, -0.05) is 11.6 Å². The van der Waals surface area contributed by atoms with E-state index in [0.29, 0.717) is 0 Å². The zero-order valence-electron chi connectivity index (χ0n) is 9.63. The molecule has 1 aromatic heterocycles. The smallest absolute Gasteiger partial charge is 0.123 e. The Morgan fingerprint density at radius 3 is 2.71 bits per heavy atom. The summed E-state index contributed by atoms with van der Waals surface area (Å²) in [5.41, 5.74) is 2.99. The summed E-state index contributed by atoms with van der Waals surface area (Å²) in [5, 5.41) is 5.37. The van der Waals surface area contributed by atoms with E-state index in [2.05, 4.69) is 12.2 Å². The largest absolute Gasteiger partial charge is 0.378 e. The predicted octanol–water partition coefficient (Wildman–Crippen LogP) is 5.02. The van der Waals surface area contributed by atoms with Crippen LogP contribution in [0.3, 0.4) is 0 Å². The number of aryl methyl sites for hydroxylation is 1. The van der Waals surface area contributed by atoms with Crippen LogP contribution in [-0.4, -0.2) is 0 Å². The van der Waals surface area contributed by atoms with E-state index in [9.17, 15) is 4.39 Å². The third-order valence-electron chi connectivity index (χ3n) is 2.65. The molecule has 0 aliphatic carbocycles. The van der Waals surface area contributed by atoms with E-state index in [1.54, 1.807) is 6.07 Å². The van der Waals surface area contributed by atoms with Crippen molar-refractivity contribution in [1.82, 2.24) is 0 Å². The highest BCUT2D eigenvalue weighted by Gasteiger charge is 2.09. The molecule has 1 atom stereocenters. The first-order chi connectivity index (χ1) is 8.06. The van der Waals surface area contributed by atoms with Gasteiger partial charge in [-0.3, -0.25) is 0 Å². The second kappa shape index (κ2) is 5.07. The van der Waals surface area contributed by atoms with Gasteiger partial charge in [0.15, 0.2) is 0 Å². The molecule has 1 N–H and O–H groups in total. The Hall–Kier alpha value is -1.06. The van der Waals surface area contributed by atoms with E-state index in [-0.39, 0.29) is 11.9 Å². The van der Waals surface area contributed by atoms with Gasteiger partial charge < -0.3 is 5.32 Å². The molecule has 0 saturated carbocycles. The van der Waals surface area contributed by atoms with Crippen molar-refractivity contribution in [3.8, 4) is 0 Å². The van der Waals surface area contributed by atoms with Crippen molar-refractivity contribution in [2.75, 3.05) is 5.32 Å². The molecule has 0 saturated heterocycles. The van der Waals surface area contributed by atoms with Gasteiger partial charge in [0.05, 0.1) is 4.34 Å². The fraction of sp³-hybridized carbons (Fsp3) is 0.231. The van der Waals surface area contributed by atoms with Gasteiger partial charge >= 0.3 is 0 Å². The molecular weight excluding hydrogens is 257 g/mol. The Bertz CT molecular complexity index is 524. The summed E-state index contributed by atoms with van der Waals surface area (Å²) in [6.45, 7) is 3.94. The van der Waals surface area contributed by atoms with Crippen LogP contribution < -0.4 is 5.32 Å². The van der Waals surface area contributed by atoms with Crippen molar-refractivity contribution >= 4 is 28.6 Å². The van der Waals surface area contributed by atoms with Crippen LogP contribution in [-0.2, 0) is 0 Å². The zero-order valence-corrected chi connectivity index (χ0v) is 11.2. The molecule has 17 heavy (non-hydrogen) atoms. The highest BCUT2D eigenvalue weighted by Crippen LogP contribution is 2.28. The quantitative estimate of drug-likeness (QED) is 0.825. The number of benzene rings is 1. The minimum absolute atomic E-state index is 0.155. The second-order valence-corrected chi connectivity index (χ2v) is 5.55. The number of rotatable bonds is 3. The first-order valence-electron chi connectivity index (χ1n) is 5.33. The van der Waals surface area contributed by atoms with Crippen molar-refractivity contribution in [2.45, 2.75) is 19.9 Å². The Morgan fingerprint density at radius 1 is 1.35 bits per heavy atom. The van der Waals surface area contributed by atoms with Gasteiger partial charge in [-0.2, -0.15) is 0 Å². The first-order valence-corrected chi connectivity index (χ1v) is 6.58. The van der Waals surface area contributed by atoms with E-state index in [1.807, 2.05) is 18.4 Å². The number of halogens is 2. The van der Waals surface area contributed by atoms with Gasteiger partial charge in [0, 0.05) is 11.7 Å². The Morgan fingerprint density at radius 2 is 2.12 bits per heavy atom. The van der Waals surface area contributed by atoms with Crippen molar-refractivity contribution in [3.05, 3.63) is 50.9 Å². The van der Waals surface area contributed by atoms with E-state index in [1.165, 1.54) is 23.5 Å². The normalized spacial score (nSPS) is 12.5. The molecule has 0 fully saturated rings. The SMILES string of the molecule is Cc1cc(F)ccc1NC(C)c1csc(Cl)c1. The molecule has 90 valence electrons. The third-order valence-corrected chi connectivity index (χ3v) is 3.76. The molecule has 0 radical (unpaired) electrons. The van der Waals surface area contributed by atoms with Crippen molar-refractivity contribution in [1.29, 1.82) is 0 Å². The molecule has 0 amide bonds. The van der Waals surface area contributed by atoms with Gasteiger partial charge in [-0.15, -0.1) is 11.3 Å². The lowest BCUT2D eigenvalue weighted by atomic mass is 10.1. The summed E-state index contributed by atoms with van der Waals surface area (Å²) >= 11 is 7.42. The standard InChI is InChI=1S/C13H13ClFNS/c1-8-5-11(15)3-4-12(8)16-9(2)10-6-13(14)17-7-10/h3-7,9,16H,1-2H3. The lowest BCUT2D eigenvalue weighted by Crippen LogP contribution is -2.06. The lowest BCUT2D eigenvalue weighted by molar-refractivity contribution is 0.626. The van der Waals surface area contributed by atoms with Gasteiger partial charge in [0.2, 0.25) is 0 Å². The van der Waals surface area contributed by atoms with Crippen LogP contribution in [0.5, 0.6) is 0 Å². The molecule has 0 bridgehead atoms. The monoisotopic (exact) mass is 269 g/mol. The second-order valence-electron chi connectivity index (χ2n) is 4.01. The predicted molar refractivity (Wildman–Crippen MR) is 72.5 cm³/mol. The topological polar surface area (TPSA) is 12.0 Å². The molecule has 0 aliphatic heterocycles. The van der Waals surface area contributed by atoms with Crippen LogP contribution in [0.1, 0.15) is 24.1 Å². The van der Waals surface area contributed by atoms with Crippen molar-refractivity contribution in [3.63, 3.8) is 0 Å². The van der Waals surface area contributed by atoms with Crippen LogP contribution in [0.15, 0.2) is 29.6 Å². The maximum Gasteiger partial charge on any atom is 0.123 e. The van der Waals surface area contributed by atoms with Crippen molar-refractivity contribution in [2.24, 2.45) is 0 Å². The van der Waals surface area contributed by atoms with E-state index in [4.69, 9.17) is 11.6 Å². The summed E-state index contributed by atoms with van der Waals surface area (Å²) in [6.07, 6.45) is 0. The molecule has 0 spiro atoms. The van der Waals surface area contributed by atoms with Crippen LogP contribution >= 0.6 is 22.9 Å². The number of thiophene rings is 1. The molecule has 2 rings (SSSR count). The molecule has 0 aliphatic rings. The Labute approximate surface area is 109 Å². The molecule has 4 heteroatoms. The number of hydrogen-bond acceptors (Lipinski definition) is 2. The van der Waals surface area contributed by atoms with E-state index in [0.717, 1.165) is 21.2 Å². The maximum absolute atomic E-state index is 13.0. The highest BCUT2D eigenvalue weighted by molar-refractivity contribution is 7.14. The average molecular weight is 270 g/mol. The van der Waals surface area contributed by atoms with Crippen molar-refractivity contribution < 1.29 is 4.39 Å². The third kappa shape index (κ3) is 2.99. The Kier molecular flexibility index (Phi) is 3.69. The first kappa shape index (κ1) is 12.4. The molecule has 1 nitrogen and oxygen atoms in total. The van der Waals surface area contributed by atoms with E-state index >= 15 is 0 Å². The zero-order chi connectivity index (χ0) is 12.4. The van der Waals surface area contributed by atoms with Crippen LogP contribution in [0, 0.1) is 12.7 Å². The minimum Gasteiger partial charge on any atom is -0.378 e. The van der Waals surface area contributed by atoms with Crippen LogP contribution in [0.4, 0.5) is 10.1 Å². The molecule has 2 aromatic rings. The van der Waals surface area contributed by atoms with Gasteiger partial charge in [-0.05, 0) is 54.6 Å². The van der Waals surface area contributed by atoms with Crippen LogP contribution in [0.2, 0.25) is 4.34 Å². The maximum atomic E-state index is 13.0. The van der Waals surface area contributed by atoms with Gasteiger partial charge in [0.1, 0.15) is 5.82 Å². The fourth-order valence-electron chi connectivity index (χ4n) is 1.66. The van der Waals surface area contributed by atoms with Gasteiger partial charge in [-0.25, -0.2) is 4.39 Å². The Balaban J connectivity index is 2.15. The summed E-state index contributed by atoms with van der Waals surface area (Å²) in [6, 6.07) is 6.85. The molecule has 1 heterocycles. The number of nitrogens with one attached hydrogen (secondary N) is 1. The van der Waals surface area contributed by atoms with Gasteiger partial charge in [0.25, 0.3) is 0 Å². The molecule has 1 aromatic carbocycles. The number of anilines is 1. The summed E-state index contributed by atoms with van der Waals surface area (Å²) < 4.78 is 13.7. The average Bonchev–Trinajstić information content (AvgIpc) is 2.69. The van der Waals surface area contributed by atoms with Crippen LogP contribution in [0.25, 0.3) is 0 Å². The summed E-state index contributed by atoms with van der Waals surface area (Å²) in [4.78, 5) is 0. The minimum atomic E-state index is -0.209. The lowest BCUT2D eigenvalue weighted by Gasteiger charge is -2.16. The highest BCUT2D eigenvalue weighted by atomic mass is 35.5. The van der Waals surface area contributed by atoms with E-state index < -0.39 is 0 Å². The summed E-state index contributed by atoms with van der Waals surface area (Å²) in [5.74, 6) is -0.209. The fourth-order valence-corrected chi connectivity index (χ4v) is 2.64.